The van der Waals surface area contributed by atoms with Gasteiger partial charge in [-0.2, -0.15) is 8.42 Å². The smallest absolute Gasteiger partial charge is 0.303 e. The zero-order valence-electron chi connectivity index (χ0n) is 29.6. The third-order valence-electron chi connectivity index (χ3n) is 11.0. The van der Waals surface area contributed by atoms with Gasteiger partial charge in [0.15, 0.2) is 0 Å². The molecule has 0 bridgehead atoms. The molecule has 10 heteroatoms. The van der Waals surface area contributed by atoms with Gasteiger partial charge in [0, 0.05) is 34.9 Å². The number of carboxylic acids is 1. The first-order chi connectivity index (χ1) is 23.9. The molecule has 1 fully saturated rings. The molecule has 0 amide bonds. The molecule has 1 saturated carbocycles. The van der Waals surface area contributed by atoms with Crippen LogP contribution in [0.15, 0.2) is 80.6 Å². The average molecular weight is 722 g/mol. The molecule has 0 aromatic heterocycles. The molecule has 5 aliphatic rings. The Balaban J connectivity index is 0.000000652. The summed E-state index contributed by atoms with van der Waals surface area (Å²) in [5.74, 6) is 1.16. The van der Waals surface area contributed by atoms with Crippen molar-refractivity contribution in [1.82, 2.24) is 0 Å². The van der Waals surface area contributed by atoms with Gasteiger partial charge in [-0.15, -0.1) is 0 Å². The van der Waals surface area contributed by atoms with Crippen LogP contribution in [0, 0.1) is 5.92 Å². The monoisotopic (exact) mass is 721 g/mol. The van der Waals surface area contributed by atoms with E-state index in [9.17, 15) is 17.8 Å². The Bertz CT molecular complexity index is 1790. The molecule has 3 heterocycles. The normalized spacial score (nSPS) is 22.5. The number of hydrogen-bond acceptors (Lipinski definition) is 7. The number of ether oxygens (including phenoxy) is 2. The van der Waals surface area contributed by atoms with Crippen LogP contribution >= 0.6 is 11.8 Å². The Morgan fingerprint density at radius 1 is 1.06 bits per heavy atom. The fourth-order valence-electron chi connectivity index (χ4n) is 7.63. The summed E-state index contributed by atoms with van der Waals surface area (Å²) in [4.78, 5) is 14.1. The molecule has 270 valence electrons. The molecule has 2 aliphatic carbocycles. The maximum Gasteiger partial charge on any atom is 0.303 e. The number of aryl methyl sites for hydroxylation is 1. The standard InChI is InChI=1S/C34H39NO7S2.C6H12/c1-21-25-20-26-30(42-29(25)9-7-8-22-11-13-24(44(38,39)40)19-27(22)34(21,2)3)15-16-35-28-18-23(12-14-31(28)43-33(26)35)41-17-6-4-5-10-32(36)37;1-2-6-4-3-5-6/h11-14,18-20,29-30H,1,4-10,15-17H2,2-3H3,(H,36,37)(H,38,39,40);6H,2-5H2,1H3. The van der Waals surface area contributed by atoms with Gasteiger partial charge >= 0.3 is 5.97 Å². The molecule has 8 nitrogen and oxygen atoms in total. The first-order valence-corrected chi connectivity index (χ1v) is 20.5. The Morgan fingerprint density at radius 3 is 2.54 bits per heavy atom. The van der Waals surface area contributed by atoms with Crippen molar-refractivity contribution in [2.45, 2.75) is 125 Å². The molecule has 2 aromatic carbocycles. The van der Waals surface area contributed by atoms with Crippen molar-refractivity contribution in [1.29, 1.82) is 0 Å². The van der Waals surface area contributed by atoms with Crippen LogP contribution in [-0.2, 0) is 31.5 Å². The van der Waals surface area contributed by atoms with Crippen molar-refractivity contribution in [3.8, 4) is 5.75 Å². The molecule has 2 aromatic rings. The lowest BCUT2D eigenvalue weighted by molar-refractivity contribution is -0.137. The summed E-state index contributed by atoms with van der Waals surface area (Å²) >= 11 is 1.74. The number of hydrogen-bond donors (Lipinski definition) is 2. The third kappa shape index (κ3) is 7.88. The molecular formula is C40H51NO7S2. The lowest BCUT2D eigenvalue weighted by Gasteiger charge is -2.41. The van der Waals surface area contributed by atoms with Gasteiger partial charge in [0.2, 0.25) is 0 Å². The van der Waals surface area contributed by atoms with Gasteiger partial charge in [-0.1, -0.05) is 70.9 Å². The lowest BCUT2D eigenvalue weighted by Crippen LogP contribution is -2.40. The van der Waals surface area contributed by atoms with Crippen molar-refractivity contribution in [3.05, 3.63) is 81.9 Å². The van der Waals surface area contributed by atoms with E-state index >= 15 is 0 Å². The maximum atomic E-state index is 12.0. The van der Waals surface area contributed by atoms with E-state index in [0.29, 0.717) is 13.0 Å². The number of benzene rings is 2. The number of anilines is 1. The van der Waals surface area contributed by atoms with E-state index in [4.69, 9.17) is 14.6 Å². The molecule has 0 saturated heterocycles. The molecule has 2 N–H and O–H groups in total. The zero-order valence-corrected chi connectivity index (χ0v) is 31.2. The molecule has 2 unspecified atom stereocenters. The largest absolute Gasteiger partial charge is 0.494 e. The third-order valence-corrected chi connectivity index (χ3v) is 13.1. The van der Waals surface area contributed by atoms with E-state index < -0.39 is 21.5 Å². The topological polar surface area (TPSA) is 113 Å². The molecule has 7 rings (SSSR count). The minimum Gasteiger partial charge on any atom is -0.494 e. The van der Waals surface area contributed by atoms with Crippen LogP contribution in [0.5, 0.6) is 5.75 Å². The van der Waals surface area contributed by atoms with Crippen molar-refractivity contribution < 1.29 is 32.3 Å². The number of unbranched alkanes of at least 4 members (excludes halogenated alkanes) is 2. The SMILES string of the molecule is C=C1C2=CC3=C4Sc5ccc(OCCCCCC(=O)O)cc5N4CCC3OC2CCCc2ccc(S(=O)(=O)O)cc2C1(C)C.CCC1CCC1. The molecular weight excluding hydrogens is 671 g/mol. The van der Waals surface area contributed by atoms with Gasteiger partial charge in [0.1, 0.15) is 5.75 Å². The van der Waals surface area contributed by atoms with Crippen LogP contribution < -0.4 is 9.64 Å². The zero-order chi connectivity index (χ0) is 35.6. The highest BCUT2D eigenvalue weighted by atomic mass is 32.2. The summed E-state index contributed by atoms with van der Waals surface area (Å²) < 4.78 is 46.7. The van der Waals surface area contributed by atoms with Gasteiger partial charge in [-0.3, -0.25) is 9.35 Å². The van der Waals surface area contributed by atoms with E-state index in [1.807, 2.05) is 12.1 Å². The Labute approximate surface area is 301 Å². The highest BCUT2D eigenvalue weighted by Gasteiger charge is 2.42. The second-order valence-corrected chi connectivity index (χ2v) is 17.1. The summed E-state index contributed by atoms with van der Waals surface area (Å²) in [6.07, 6.45) is 14.0. The average Bonchev–Trinajstić information content (AvgIpc) is 3.44. The van der Waals surface area contributed by atoms with E-state index in [1.54, 1.807) is 17.8 Å². The lowest BCUT2D eigenvalue weighted by atomic mass is 9.72. The first-order valence-electron chi connectivity index (χ1n) is 18.2. The van der Waals surface area contributed by atoms with Crippen LogP contribution in [0.25, 0.3) is 0 Å². The van der Waals surface area contributed by atoms with Crippen molar-refractivity contribution >= 4 is 33.5 Å². The number of aliphatic carboxylic acids is 1. The Morgan fingerprint density at radius 2 is 1.86 bits per heavy atom. The fourth-order valence-corrected chi connectivity index (χ4v) is 9.36. The van der Waals surface area contributed by atoms with E-state index in [1.165, 1.54) is 36.6 Å². The number of fused-ring (bicyclic) bond motifs is 6. The van der Waals surface area contributed by atoms with Gasteiger partial charge < -0.3 is 19.5 Å². The second-order valence-electron chi connectivity index (χ2n) is 14.7. The highest BCUT2D eigenvalue weighted by Crippen LogP contribution is 2.53. The summed E-state index contributed by atoms with van der Waals surface area (Å²) in [5.41, 5.74) is 5.54. The molecule has 0 radical (unpaired) electrons. The van der Waals surface area contributed by atoms with Crippen molar-refractivity contribution in [3.63, 3.8) is 0 Å². The number of rotatable bonds is 9. The second kappa shape index (κ2) is 15.3. The minimum atomic E-state index is -4.34. The first kappa shape index (κ1) is 36.7. The van der Waals surface area contributed by atoms with Crippen LogP contribution in [-0.4, -0.2) is 49.4 Å². The summed E-state index contributed by atoms with van der Waals surface area (Å²) in [5, 5.41) is 9.98. The van der Waals surface area contributed by atoms with E-state index in [-0.39, 0.29) is 23.5 Å². The van der Waals surface area contributed by atoms with E-state index in [2.05, 4.69) is 50.5 Å². The van der Waals surface area contributed by atoms with Gasteiger partial charge in [0.05, 0.1) is 34.4 Å². The van der Waals surface area contributed by atoms with E-state index in [0.717, 1.165) is 95.3 Å². The summed E-state index contributed by atoms with van der Waals surface area (Å²) in [6, 6.07) is 11.1. The Kier molecular flexibility index (Phi) is 11.2. The van der Waals surface area contributed by atoms with Crippen LogP contribution in [0.3, 0.4) is 0 Å². The summed E-state index contributed by atoms with van der Waals surface area (Å²) in [6.45, 7) is 12.4. The molecule has 2 atom stereocenters. The van der Waals surface area contributed by atoms with Crippen LogP contribution in [0.2, 0.25) is 0 Å². The van der Waals surface area contributed by atoms with Crippen LogP contribution in [0.4, 0.5) is 5.69 Å². The summed E-state index contributed by atoms with van der Waals surface area (Å²) in [7, 11) is -4.34. The highest BCUT2D eigenvalue weighted by molar-refractivity contribution is 8.03. The minimum absolute atomic E-state index is 0.0106. The molecule has 0 spiro atoms. The predicted molar refractivity (Wildman–Crippen MR) is 199 cm³/mol. The molecule has 50 heavy (non-hydrogen) atoms. The van der Waals surface area contributed by atoms with Gasteiger partial charge in [-0.05, 0) is 103 Å². The van der Waals surface area contributed by atoms with Crippen LogP contribution in [0.1, 0.15) is 103 Å². The van der Waals surface area contributed by atoms with Gasteiger partial charge in [0.25, 0.3) is 10.1 Å². The maximum absolute atomic E-state index is 12.0. The number of nitrogens with zero attached hydrogens (tertiary/aromatic N) is 1. The Hall–Kier alpha value is -3.05. The van der Waals surface area contributed by atoms with Gasteiger partial charge in [-0.25, -0.2) is 0 Å². The number of thioether (sulfide) groups is 1. The predicted octanol–water partition coefficient (Wildman–Crippen LogP) is 9.25. The van der Waals surface area contributed by atoms with Crippen molar-refractivity contribution in [2.24, 2.45) is 5.92 Å². The molecule has 3 aliphatic heterocycles. The number of carboxylic acid groups (broad SMARTS) is 1. The number of carbonyl (C=O) groups is 1. The quantitative estimate of drug-likeness (QED) is 0.193. The van der Waals surface area contributed by atoms with Crippen molar-refractivity contribution in [2.75, 3.05) is 18.1 Å². The fraction of sp³-hybridized carbons (Fsp3) is 0.525.